The number of fused-ring (bicyclic) bond motifs is 1. The maximum absolute atomic E-state index is 13.0. The average molecular weight is 349 g/mol. The molecule has 1 saturated heterocycles. The van der Waals surface area contributed by atoms with E-state index in [4.69, 9.17) is 0 Å². The number of carbonyl (C=O) groups excluding carboxylic acids is 1. The largest absolute Gasteiger partial charge is 0.344 e. The minimum atomic E-state index is -0.133. The highest BCUT2D eigenvalue weighted by atomic mass is 16.1. The number of hydrogen-bond donors (Lipinski definition) is 1. The van der Waals surface area contributed by atoms with E-state index in [0.717, 1.165) is 30.9 Å². The zero-order valence-electron chi connectivity index (χ0n) is 14.9. The molecule has 2 aromatic heterocycles. The van der Waals surface area contributed by atoms with E-state index in [0.29, 0.717) is 11.2 Å². The van der Waals surface area contributed by atoms with Gasteiger partial charge in [0.15, 0.2) is 5.65 Å². The number of carbonyl (C=O) groups is 1. The summed E-state index contributed by atoms with van der Waals surface area (Å²) in [5, 5.41) is 7.45. The minimum absolute atomic E-state index is 0.0541. The van der Waals surface area contributed by atoms with Crippen molar-refractivity contribution in [3.05, 3.63) is 65.6 Å². The van der Waals surface area contributed by atoms with Crippen molar-refractivity contribution < 1.29 is 4.79 Å². The monoisotopic (exact) mass is 349 g/mol. The molecular formula is C20H23N5O. The normalized spacial score (nSPS) is 16.0. The van der Waals surface area contributed by atoms with Gasteiger partial charge in [-0.3, -0.25) is 4.79 Å². The standard InChI is InChI=1S/C20H23N5O/c1-15-9-12-25-19(22-15)17(13-21-25)20(26)23-18(14-24-10-5-6-11-24)16-7-3-2-4-8-16/h2-4,7-9,12-13,18H,5-6,10-11,14H2,1H3,(H,23,26). The summed E-state index contributed by atoms with van der Waals surface area (Å²) in [6, 6.07) is 12.0. The fraction of sp³-hybridized carbons (Fsp3) is 0.350. The first-order chi connectivity index (χ1) is 12.7. The molecule has 0 saturated carbocycles. The van der Waals surface area contributed by atoms with Crippen molar-refractivity contribution >= 4 is 11.6 Å². The second-order valence-electron chi connectivity index (χ2n) is 6.84. The Morgan fingerprint density at radius 3 is 2.73 bits per heavy atom. The molecule has 1 amide bonds. The third-order valence-corrected chi connectivity index (χ3v) is 4.90. The number of hydrogen-bond acceptors (Lipinski definition) is 4. The lowest BCUT2D eigenvalue weighted by atomic mass is 10.1. The summed E-state index contributed by atoms with van der Waals surface area (Å²) in [6.07, 6.45) is 5.88. The fourth-order valence-electron chi connectivity index (χ4n) is 3.50. The van der Waals surface area contributed by atoms with Crippen LogP contribution in [0.3, 0.4) is 0 Å². The number of rotatable bonds is 5. The highest BCUT2D eigenvalue weighted by Gasteiger charge is 2.23. The highest BCUT2D eigenvalue weighted by Crippen LogP contribution is 2.19. The Kier molecular flexibility index (Phi) is 4.67. The number of nitrogens with zero attached hydrogens (tertiary/aromatic N) is 4. The third-order valence-electron chi connectivity index (χ3n) is 4.90. The Bertz CT molecular complexity index is 899. The fourth-order valence-corrected chi connectivity index (χ4v) is 3.50. The topological polar surface area (TPSA) is 62.5 Å². The third kappa shape index (κ3) is 3.46. The van der Waals surface area contributed by atoms with Crippen LogP contribution in [0.1, 0.15) is 40.5 Å². The highest BCUT2D eigenvalue weighted by molar-refractivity contribution is 5.99. The molecule has 1 aliphatic rings. The summed E-state index contributed by atoms with van der Waals surface area (Å²) in [4.78, 5) is 19.8. The van der Waals surface area contributed by atoms with Gasteiger partial charge in [-0.15, -0.1) is 0 Å². The predicted molar refractivity (Wildman–Crippen MR) is 100 cm³/mol. The number of aryl methyl sites for hydroxylation is 1. The molecule has 1 aromatic carbocycles. The molecule has 26 heavy (non-hydrogen) atoms. The van der Waals surface area contributed by atoms with Crippen LogP contribution >= 0.6 is 0 Å². The molecule has 1 fully saturated rings. The Morgan fingerprint density at radius 1 is 1.19 bits per heavy atom. The van der Waals surface area contributed by atoms with Gasteiger partial charge in [-0.1, -0.05) is 30.3 Å². The molecule has 1 atom stereocenters. The first-order valence-electron chi connectivity index (χ1n) is 9.10. The number of likely N-dealkylation sites (tertiary alicyclic amines) is 1. The molecule has 6 nitrogen and oxygen atoms in total. The number of aromatic nitrogens is 3. The van der Waals surface area contributed by atoms with Crippen molar-refractivity contribution in [1.82, 2.24) is 24.8 Å². The zero-order chi connectivity index (χ0) is 17.9. The molecule has 1 aliphatic heterocycles. The molecule has 1 unspecified atom stereocenters. The van der Waals surface area contributed by atoms with Crippen LogP contribution in [0.15, 0.2) is 48.8 Å². The van der Waals surface area contributed by atoms with Crippen LogP contribution in [-0.4, -0.2) is 45.0 Å². The van der Waals surface area contributed by atoms with Crippen LogP contribution in [-0.2, 0) is 0 Å². The van der Waals surface area contributed by atoms with E-state index in [1.807, 2.05) is 37.4 Å². The van der Waals surface area contributed by atoms with Crippen LogP contribution in [0.5, 0.6) is 0 Å². The lowest BCUT2D eigenvalue weighted by Gasteiger charge is -2.24. The molecule has 134 valence electrons. The van der Waals surface area contributed by atoms with E-state index in [1.54, 1.807) is 10.7 Å². The number of benzene rings is 1. The minimum Gasteiger partial charge on any atom is -0.344 e. The Labute approximate surface area is 152 Å². The number of nitrogens with one attached hydrogen (secondary N) is 1. The summed E-state index contributed by atoms with van der Waals surface area (Å²) >= 11 is 0. The van der Waals surface area contributed by atoms with E-state index < -0.39 is 0 Å². The van der Waals surface area contributed by atoms with Crippen molar-refractivity contribution in [1.29, 1.82) is 0 Å². The number of amides is 1. The van der Waals surface area contributed by atoms with Gasteiger partial charge >= 0.3 is 0 Å². The summed E-state index contributed by atoms with van der Waals surface area (Å²) in [5.41, 5.74) is 3.09. The molecule has 3 aromatic rings. The Hall–Kier alpha value is -2.73. The second kappa shape index (κ2) is 7.25. The SMILES string of the molecule is Cc1ccn2ncc(C(=O)NC(CN3CCCC3)c3ccccc3)c2n1. The first kappa shape index (κ1) is 16.7. The van der Waals surface area contributed by atoms with Gasteiger partial charge in [-0.05, 0) is 44.5 Å². The van der Waals surface area contributed by atoms with Crippen molar-refractivity contribution in [2.24, 2.45) is 0 Å². The van der Waals surface area contributed by atoms with E-state index in [2.05, 4.69) is 32.4 Å². The van der Waals surface area contributed by atoms with Crippen molar-refractivity contribution in [2.45, 2.75) is 25.8 Å². The zero-order valence-corrected chi connectivity index (χ0v) is 14.9. The van der Waals surface area contributed by atoms with Gasteiger partial charge in [0.2, 0.25) is 0 Å². The average Bonchev–Trinajstić information content (AvgIpc) is 3.31. The lowest BCUT2D eigenvalue weighted by Crippen LogP contribution is -2.37. The van der Waals surface area contributed by atoms with Crippen molar-refractivity contribution in [2.75, 3.05) is 19.6 Å². The molecule has 3 heterocycles. The van der Waals surface area contributed by atoms with Gasteiger partial charge in [0, 0.05) is 18.4 Å². The van der Waals surface area contributed by atoms with Gasteiger partial charge in [-0.25, -0.2) is 9.50 Å². The van der Waals surface area contributed by atoms with E-state index in [1.165, 1.54) is 12.8 Å². The molecule has 4 rings (SSSR count). The van der Waals surface area contributed by atoms with Crippen LogP contribution in [0, 0.1) is 6.92 Å². The Morgan fingerprint density at radius 2 is 1.96 bits per heavy atom. The van der Waals surface area contributed by atoms with Crippen molar-refractivity contribution in [3.8, 4) is 0 Å². The van der Waals surface area contributed by atoms with Gasteiger partial charge in [0.05, 0.1) is 12.2 Å². The van der Waals surface area contributed by atoms with Crippen molar-refractivity contribution in [3.63, 3.8) is 0 Å². The first-order valence-corrected chi connectivity index (χ1v) is 9.10. The molecular weight excluding hydrogens is 326 g/mol. The molecule has 0 bridgehead atoms. The molecule has 0 radical (unpaired) electrons. The maximum atomic E-state index is 13.0. The quantitative estimate of drug-likeness (QED) is 0.769. The Balaban J connectivity index is 1.59. The van der Waals surface area contributed by atoms with E-state index >= 15 is 0 Å². The van der Waals surface area contributed by atoms with Gasteiger partial charge < -0.3 is 10.2 Å². The van der Waals surface area contributed by atoms with Gasteiger partial charge in [0.1, 0.15) is 5.56 Å². The van der Waals surface area contributed by atoms with Crippen LogP contribution in [0.4, 0.5) is 0 Å². The van der Waals surface area contributed by atoms with E-state index in [9.17, 15) is 4.79 Å². The second-order valence-corrected chi connectivity index (χ2v) is 6.84. The molecule has 0 aliphatic carbocycles. The van der Waals surface area contributed by atoms with Crippen LogP contribution in [0.2, 0.25) is 0 Å². The lowest BCUT2D eigenvalue weighted by molar-refractivity contribution is 0.0928. The summed E-state index contributed by atoms with van der Waals surface area (Å²) < 4.78 is 1.64. The maximum Gasteiger partial charge on any atom is 0.257 e. The van der Waals surface area contributed by atoms with Crippen LogP contribution in [0.25, 0.3) is 5.65 Å². The summed E-state index contributed by atoms with van der Waals surface area (Å²) in [7, 11) is 0. The molecule has 1 N–H and O–H groups in total. The van der Waals surface area contributed by atoms with E-state index in [-0.39, 0.29) is 11.9 Å². The van der Waals surface area contributed by atoms with Gasteiger partial charge in [-0.2, -0.15) is 5.10 Å². The van der Waals surface area contributed by atoms with Crippen LogP contribution < -0.4 is 5.32 Å². The molecule has 6 heteroatoms. The van der Waals surface area contributed by atoms with Gasteiger partial charge in [0.25, 0.3) is 5.91 Å². The smallest absolute Gasteiger partial charge is 0.257 e. The summed E-state index contributed by atoms with van der Waals surface area (Å²) in [6.45, 7) is 4.92. The predicted octanol–water partition coefficient (Wildman–Crippen LogP) is 2.60. The molecule has 0 spiro atoms. The summed E-state index contributed by atoms with van der Waals surface area (Å²) in [5.74, 6) is -0.133.